The molecule has 2 aromatic carbocycles. The molecule has 2 aliphatic rings. The smallest absolute Gasteiger partial charge is 0.233 e. The van der Waals surface area contributed by atoms with Crippen LogP contribution in [0.1, 0.15) is 36.6 Å². The summed E-state index contributed by atoms with van der Waals surface area (Å²) in [5, 5.41) is 4.12. The number of carbonyl (C=O) groups excluding carboxylic acids is 1. The Hall–Kier alpha value is -2.95. The number of benzene rings is 2. The van der Waals surface area contributed by atoms with Gasteiger partial charge in [-0.25, -0.2) is 0 Å². The van der Waals surface area contributed by atoms with Crippen molar-refractivity contribution >= 4 is 5.91 Å². The second-order valence-corrected chi connectivity index (χ2v) is 7.51. The fourth-order valence-electron chi connectivity index (χ4n) is 4.06. The van der Waals surface area contributed by atoms with E-state index in [9.17, 15) is 4.79 Å². The summed E-state index contributed by atoms with van der Waals surface area (Å²) in [6, 6.07) is 20.0. The molecule has 2 heterocycles. The van der Waals surface area contributed by atoms with Crippen molar-refractivity contribution in [2.45, 2.75) is 30.6 Å². The quantitative estimate of drug-likeness (QED) is 0.711. The summed E-state index contributed by atoms with van der Waals surface area (Å²) in [4.78, 5) is 19.8. The van der Waals surface area contributed by atoms with Crippen LogP contribution in [0.25, 0.3) is 11.4 Å². The van der Waals surface area contributed by atoms with Gasteiger partial charge in [0.05, 0.1) is 11.3 Å². The summed E-state index contributed by atoms with van der Waals surface area (Å²) < 4.78 is 5.52. The Balaban J connectivity index is 1.31. The standard InChI is InChI=1S/C22H21N3O2/c26-21(22(12-13-22)18-9-5-2-6-10-18)25-14-11-17(15-25)20-23-19(24-27-20)16-7-3-1-4-8-16/h1-10,17H,11-15H2/t17-/m0/s1. The van der Waals surface area contributed by atoms with Gasteiger partial charge in [-0.15, -0.1) is 0 Å². The van der Waals surface area contributed by atoms with Crippen LogP contribution in [-0.4, -0.2) is 34.0 Å². The highest BCUT2D eigenvalue weighted by Crippen LogP contribution is 2.50. The molecular formula is C22H21N3O2. The van der Waals surface area contributed by atoms with E-state index in [-0.39, 0.29) is 17.2 Å². The molecule has 1 aromatic heterocycles. The molecule has 1 aliphatic carbocycles. The molecule has 0 radical (unpaired) electrons. The minimum atomic E-state index is -0.305. The highest BCUT2D eigenvalue weighted by molar-refractivity contribution is 5.91. The zero-order chi connectivity index (χ0) is 18.3. The topological polar surface area (TPSA) is 59.2 Å². The molecule has 0 bridgehead atoms. The average Bonchev–Trinajstić information content (AvgIpc) is 3.15. The van der Waals surface area contributed by atoms with Crippen molar-refractivity contribution in [2.75, 3.05) is 13.1 Å². The molecule has 0 N–H and O–H groups in total. The predicted octanol–water partition coefficient (Wildman–Crippen LogP) is 3.78. The first kappa shape index (κ1) is 16.2. The Labute approximate surface area is 158 Å². The van der Waals surface area contributed by atoms with Crippen molar-refractivity contribution in [3.05, 3.63) is 72.1 Å². The van der Waals surface area contributed by atoms with Crippen molar-refractivity contribution in [1.82, 2.24) is 15.0 Å². The van der Waals surface area contributed by atoms with E-state index < -0.39 is 0 Å². The van der Waals surface area contributed by atoms with Crippen molar-refractivity contribution in [3.63, 3.8) is 0 Å². The molecular weight excluding hydrogens is 338 g/mol. The molecule has 0 spiro atoms. The largest absolute Gasteiger partial charge is 0.341 e. The Morgan fingerprint density at radius 1 is 1.04 bits per heavy atom. The van der Waals surface area contributed by atoms with Gasteiger partial charge in [0.15, 0.2) is 0 Å². The summed E-state index contributed by atoms with van der Waals surface area (Å²) in [6.45, 7) is 1.41. The Morgan fingerprint density at radius 3 is 2.44 bits per heavy atom. The fourth-order valence-corrected chi connectivity index (χ4v) is 4.06. The summed E-state index contributed by atoms with van der Waals surface area (Å²) in [6.07, 6.45) is 2.75. The van der Waals surface area contributed by atoms with Gasteiger partial charge >= 0.3 is 0 Å². The van der Waals surface area contributed by atoms with Crippen molar-refractivity contribution in [1.29, 1.82) is 0 Å². The third kappa shape index (κ3) is 2.83. The van der Waals surface area contributed by atoms with E-state index in [2.05, 4.69) is 22.3 Å². The monoisotopic (exact) mass is 359 g/mol. The maximum absolute atomic E-state index is 13.2. The minimum Gasteiger partial charge on any atom is -0.341 e. The van der Waals surface area contributed by atoms with Crippen LogP contribution in [0.5, 0.6) is 0 Å². The fraction of sp³-hybridized carbons (Fsp3) is 0.318. The molecule has 0 unspecified atom stereocenters. The zero-order valence-corrected chi connectivity index (χ0v) is 15.0. The van der Waals surface area contributed by atoms with E-state index in [1.807, 2.05) is 53.4 Å². The van der Waals surface area contributed by atoms with Crippen LogP contribution in [0.15, 0.2) is 65.2 Å². The molecule has 27 heavy (non-hydrogen) atoms. The van der Waals surface area contributed by atoms with Gasteiger partial charge in [0.25, 0.3) is 0 Å². The SMILES string of the molecule is O=C(N1CC[C@H](c2nc(-c3ccccc3)no2)C1)C1(c2ccccc2)CC1. The number of carbonyl (C=O) groups is 1. The van der Waals surface area contributed by atoms with E-state index in [4.69, 9.17) is 4.52 Å². The van der Waals surface area contributed by atoms with Crippen LogP contribution in [0.3, 0.4) is 0 Å². The summed E-state index contributed by atoms with van der Waals surface area (Å²) >= 11 is 0. The number of rotatable bonds is 4. The first-order chi connectivity index (χ1) is 13.3. The molecule has 3 aromatic rings. The van der Waals surface area contributed by atoms with E-state index in [1.54, 1.807) is 0 Å². The molecule has 1 saturated heterocycles. The third-order valence-corrected chi connectivity index (χ3v) is 5.78. The van der Waals surface area contributed by atoms with Crippen molar-refractivity contribution < 1.29 is 9.32 Å². The molecule has 136 valence electrons. The number of aromatic nitrogens is 2. The van der Waals surface area contributed by atoms with Crippen LogP contribution in [-0.2, 0) is 10.2 Å². The zero-order valence-electron chi connectivity index (χ0n) is 15.0. The maximum atomic E-state index is 13.2. The number of hydrogen-bond donors (Lipinski definition) is 0. The second-order valence-electron chi connectivity index (χ2n) is 7.51. The number of amides is 1. The lowest BCUT2D eigenvalue weighted by atomic mass is 9.94. The lowest BCUT2D eigenvalue weighted by molar-refractivity contribution is -0.132. The van der Waals surface area contributed by atoms with Gasteiger partial charge in [-0.05, 0) is 24.8 Å². The van der Waals surface area contributed by atoms with Gasteiger partial charge in [-0.1, -0.05) is 65.8 Å². The normalized spacial score (nSPS) is 20.6. The Bertz CT molecular complexity index is 948. The highest BCUT2D eigenvalue weighted by Gasteiger charge is 2.53. The highest BCUT2D eigenvalue weighted by atomic mass is 16.5. The number of nitrogens with zero attached hydrogens (tertiary/aromatic N) is 3. The van der Waals surface area contributed by atoms with Crippen molar-refractivity contribution in [3.8, 4) is 11.4 Å². The second kappa shape index (κ2) is 6.34. The lowest BCUT2D eigenvalue weighted by Gasteiger charge is -2.23. The first-order valence-electron chi connectivity index (χ1n) is 9.50. The van der Waals surface area contributed by atoms with E-state index >= 15 is 0 Å². The molecule has 1 aliphatic heterocycles. The maximum Gasteiger partial charge on any atom is 0.233 e. The van der Waals surface area contributed by atoms with Crippen molar-refractivity contribution in [2.24, 2.45) is 0 Å². The summed E-state index contributed by atoms with van der Waals surface area (Å²) in [7, 11) is 0. The lowest BCUT2D eigenvalue weighted by Crippen LogP contribution is -2.37. The summed E-state index contributed by atoms with van der Waals surface area (Å²) in [5.41, 5.74) is 1.78. The van der Waals surface area contributed by atoms with Crippen LogP contribution in [0.4, 0.5) is 0 Å². The minimum absolute atomic E-state index is 0.116. The molecule has 5 heteroatoms. The van der Waals surface area contributed by atoms with Gasteiger partial charge in [-0.2, -0.15) is 4.98 Å². The summed E-state index contributed by atoms with van der Waals surface area (Å²) in [5.74, 6) is 1.61. The average molecular weight is 359 g/mol. The molecule has 1 amide bonds. The van der Waals surface area contributed by atoms with Gasteiger partial charge in [0.2, 0.25) is 17.6 Å². The third-order valence-electron chi connectivity index (χ3n) is 5.78. The predicted molar refractivity (Wildman–Crippen MR) is 101 cm³/mol. The Morgan fingerprint density at radius 2 is 1.74 bits per heavy atom. The Kier molecular flexibility index (Phi) is 3.81. The van der Waals surface area contributed by atoms with Gasteiger partial charge in [0, 0.05) is 18.7 Å². The number of hydrogen-bond acceptors (Lipinski definition) is 4. The molecule has 2 fully saturated rings. The molecule has 5 nitrogen and oxygen atoms in total. The van der Waals surface area contributed by atoms with E-state index in [0.29, 0.717) is 18.3 Å². The van der Waals surface area contributed by atoms with Gasteiger partial charge in [0.1, 0.15) is 0 Å². The number of likely N-dealkylation sites (tertiary alicyclic amines) is 1. The van der Waals surface area contributed by atoms with Gasteiger partial charge in [-0.3, -0.25) is 4.79 Å². The molecule has 1 atom stereocenters. The first-order valence-corrected chi connectivity index (χ1v) is 9.50. The van der Waals surface area contributed by atoms with E-state index in [1.165, 1.54) is 0 Å². The molecule has 5 rings (SSSR count). The molecule has 1 saturated carbocycles. The van der Waals surface area contributed by atoms with Crippen LogP contribution in [0, 0.1) is 0 Å². The van der Waals surface area contributed by atoms with Crippen LogP contribution in [0.2, 0.25) is 0 Å². The van der Waals surface area contributed by atoms with E-state index in [0.717, 1.165) is 36.9 Å². The van der Waals surface area contributed by atoms with Crippen LogP contribution >= 0.6 is 0 Å². The van der Waals surface area contributed by atoms with Crippen LogP contribution < -0.4 is 0 Å². The van der Waals surface area contributed by atoms with Gasteiger partial charge < -0.3 is 9.42 Å².